The van der Waals surface area contributed by atoms with Crippen LogP contribution in [0.1, 0.15) is 37.8 Å². The number of benzene rings is 1. The molecule has 0 radical (unpaired) electrons. The highest BCUT2D eigenvalue weighted by Crippen LogP contribution is 2.41. The number of aromatic hydroxyl groups is 1. The van der Waals surface area contributed by atoms with E-state index in [0.717, 1.165) is 18.4 Å². The standard InChI is InChI=1S/C19H21ClN4O4S/c1-11-5-3-6-14(11)23-19(26)24-15-8-7-13(20)17(16(15)25)29(27,28)12(2)18-21-9-4-10-22-18/h4-5,7-10,12,14,25H,3,6H2,1-2H3,(H2,23,24,26)/t12?,14-/m1/s1. The smallest absolute Gasteiger partial charge is 0.319 e. The van der Waals surface area contributed by atoms with Crippen molar-refractivity contribution in [2.24, 2.45) is 0 Å². The van der Waals surface area contributed by atoms with Crippen LogP contribution in [-0.2, 0) is 9.84 Å². The number of hydrogen-bond donors (Lipinski definition) is 3. The number of phenols is 1. The molecule has 154 valence electrons. The number of aromatic nitrogens is 2. The van der Waals surface area contributed by atoms with Gasteiger partial charge in [0.05, 0.1) is 16.8 Å². The van der Waals surface area contributed by atoms with Gasteiger partial charge in [-0.3, -0.25) is 0 Å². The number of hydrogen-bond acceptors (Lipinski definition) is 6. The SMILES string of the molecule is CC1=CCC[C@H]1NC(=O)Nc1ccc(Cl)c(S(=O)(=O)C(C)c2ncccn2)c1O. The van der Waals surface area contributed by atoms with Crippen molar-refractivity contribution in [2.45, 2.75) is 42.9 Å². The maximum atomic E-state index is 13.1. The Hall–Kier alpha value is -2.65. The van der Waals surface area contributed by atoms with E-state index >= 15 is 0 Å². The summed E-state index contributed by atoms with van der Waals surface area (Å²) in [5.74, 6) is -0.559. The zero-order valence-electron chi connectivity index (χ0n) is 15.9. The molecule has 0 fully saturated rings. The molecule has 10 heteroatoms. The van der Waals surface area contributed by atoms with Gasteiger partial charge in [0, 0.05) is 12.4 Å². The number of amides is 2. The molecule has 1 aliphatic carbocycles. The monoisotopic (exact) mass is 436 g/mol. The Morgan fingerprint density at radius 1 is 1.31 bits per heavy atom. The second-order valence-electron chi connectivity index (χ2n) is 6.74. The summed E-state index contributed by atoms with van der Waals surface area (Å²) in [6, 6.07) is 3.57. The van der Waals surface area contributed by atoms with Crippen LogP contribution in [0.3, 0.4) is 0 Å². The molecular weight excluding hydrogens is 416 g/mol. The van der Waals surface area contributed by atoms with E-state index in [1.165, 1.54) is 31.5 Å². The van der Waals surface area contributed by atoms with E-state index in [0.29, 0.717) is 0 Å². The van der Waals surface area contributed by atoms with E-state index < -0.39 is 31.8 Å². The number of sulfone groups is 1. The van der Waals surface area contributed by atoms with Crippen LogP contribution < -0.4 is 10.6 Å². The third kappa shape index (κ3) is 4.35. The quantitative estimate of drug-likeness (QED) is 0.486. The minimum absolute atomic E-state index is 0.0636. The molecule has 8 nitrogen and oxygen atoms in total. The minimum Gasteiger partial charge on any atom is -0.504 e. The normalized spacial score (nSPS) is 17.5. The van der Waals surface area contributed by atoms with Crippen molar-refractivity contribution in [1.29, 1.82) is 0 Å². The molecule has 1 aliphatic rings. The van der Waals surface area contributed by atoms with Crippen molar-refractivity contribution >= 4 is 33.2 Å². The Balaban J connectivity index is 1.89. The van der Waals surface area contributed by atoms with Crippen LogP contribution in [-0.4, -0.2) is 35.6 Å². The molecule has 1 aromatic heterocycles. The number of allylic oxidation sites excluding steroid dienone is 1. The number of carbonyl (C=O) groups excluding carboxylic acids is 1. The first-order valence-electron chi connectivity index (χ1n) is 8.98. The number of halogens is 1. The molecule has 3 rings (SSSR count). The van der Waals surface area contributed by atoms with Gasteiger partial charge in [0.25, 0.3) is 0 Å². The van der Waals surface area contributed by atoms with Crippen LogP contribution in [0.25, 0.3) is 0 Å². The first kappa shape index (κ1) is 21.1. The average Bonchev–Trinajstić information content (AvgIpc) is 3.08. The zero-order valence-corrected chi connectivity index (χ0v) is 17.5. The lowest BCUT2D eigenvalue weighted by Gasteiger charge is -2.18. The highest BCUT2D eigenvalue weighted by atomic mass is 35.5. The number of carbonyl (C=O) groups is 1. The van der Waals surface area contributed by atoms with Gasteiger partial charge in [-0.15, -0.1) is 0 Å². The fraction of sp³-hybridized carbons (Fsp3) is 0.316. The van der Waals surface area contributed by atoms with Gasteiger partial charge in [-0.1, -0.05) is 23.3 Å². The van der Waals surface area contributed by atoms with Crippen molar-refractivity contribution < 1.29 is 18.3 Å². The number of nitrogens with zero attached hydrogens (tertiary/aromatic N) is 2. The first-order chi connectivity index (χ1) is 13.7. The van der Waals surface area contributed by atoms with Crippen LogP contribution in [0, 0.1) is 0 Å². The molecule has 2 atom stereocenters. The predicted molar refractivity (Wildman–Crippen MR) is 110 cm³/mol. The topological polar surface area (TPSA) is 121 Å². The van der Waals surface area contributed by atoms with Crippen LogP contribution in [0.4, 0.5) is 10.5 Å². The van der Waals surface area contributed by atoms with E-state index in [9.17, 15) is 18.3 Å². The molecular formula is C19H21ClN4O4S. The summed E-state index contributed by atoms with van der Waals surface area (Å²) in [6.45, 7) is 3.33. The molecule has 0 saturated heterocycles. The molecule has 3 N–H and O–H groups in total. The van der Waals surface area contributed by atoms with E-state index in [1.54, 1.807) is 6.07 Å². The summed E-state index contributed by atoms with van der Waals surface area (Å²) in [6.07, 6.45) is 6.57. The molecule has 29 heavy (non-hydrogen) atoms. The molecule has 0 saturated carbocycles. The maximum Gasteiger partial charge on any atom is 0.319 e. The summed E-state index contributed by atoms with van der Waals surface area (Å²) in [4.78, 5) is 19.8. The van der Waals surface area contributed by atoms with Gasteiger partial charge < -0.3 is 15.7 Å². The van der Waals surface area contributed by atoms with Crippen LogP contribution in [0.5, 0.6) is 5.75 Å². The van der Waals surface area contributed by atoms with Gasteiger partial charge in [-0.2, -0.15) is 0 Å². The Kier molecular flexibility index (Phi) is 6.09. The molecule has 1 unspecified atom stereocenters. The van der Waals surface area contributed by atoms with Gasteiger partial charge in [-0.05, 0) is 44.9 Å². The summed E-state index contributed by atoms with van der Waals surface area (Å²) in [5.41, 5.74) is 0.992. The molecule has 1 heterocycles. The summed E-state index contributed by atoms with van der Waals surface area (Å²) < 4.78 is 26.1. The van der Waals surface area contributed by atoms with Crippen molar-refractivity contribution in [1.82, 2.24) is 15.3 Å². The van der Waals surface area contributed by atoms with Gasteiger partial charge in [0.15, 0.2) is 15.6 Å². The Labute approximate surface area is 174 Å². The highest BCUT2D eigenvalue weighted by Gasteiger charge is 2.33. The minimum atomic E-state index is -4.13. The van der Waals surface area contributed by atoms with Crippen molar-refractivity contribution in [2.75, 3.05) is 5.32 Å². The van der Waals surface area contributed by atoms with Gasteiger partial charge in [0.2, 0.25) is 0 Å². The fourth-order valence-electron chi connectivity index (χ4n) is 3.10. The number of urea groups is 1. The Morgan fingerprint density at radius 3 is 2.62 bits per heavy atom. The van der Waals surface area contributed by atoms with E-state index in [4.69, 9.17) is 11.6 Å². The molecule has 2 amide bonds. The first-order valence-corrected chi connectivity index (χ1v) is 10.9. The summed E-state index contributed by atoms with van der Waals surface area (Å²) in [5, 5.41) is 14.6. The zero-order chi connectivity index (χ0) is 21.2. The van der Waals surface area contributed by atoms with E-state index in [2.05, 4.69) is 20.6 Å². The number of anilines is 1. The van der Waals surface area contributed by atoms with Crippen molar-refractivity contribution in [3.63, 3.8) is 0 Å². The Bertz CT molecular complexity index is 1060. The lowest BCUT2D eigenvalue weighted by molar-refractivity contribution is 0.249. The predicted octanol–water partition coefficient (Wildman–Crippen LogP) is 3.60. The largest absolute Gasteiger partial charge is 0.504 e. The maximum absolute atomic E-state index is 13.1. The van der Waals surface area contributed by atoms with Gasteiger partial charge >= 0.3 is 6.03 Å². The lowest BCUT2D eigenvalue weighted by atomic mass is 10.2. The van der Waals surface area contributed by atoms with Crippen LogP contribution >= 0.6 is 11.6 Å². The molecule has 0 bridgehead atoms. The van der Waals surface area contributed by atoms with Crippen molar-refractivity contribution in [3.05, 3.63) is 53.1 Å². The number of phenolic OH excluding ortho intramolecular Hbond substituents is 1. The summed E-state index contributed by atoms with van der Waals surface area (Å²) in [7, 11) is -4.13. The van der Waals surface area contributed by atoms with E-state index in [-0.39, 0.29) is 22.6 Å². The van der Waals surface area contributed by atoms with E-state index in [1.807, 2.05) is 13.0 Å². The van der Waals surface area contributed by atoms with Crippen LogP contribution in [0.2, 0.25) is 5.02 Å². The van der Waals surface area contributed by atoms with Gasteiger partial charge in [0.1, 0.15) is 16.0 Å². The number of rotatable bonds is 5. The van der Waals surface area contributed by atoms with Gasteiger partial charge in [-0.25, -0.2) is 23.2 Å². The van der Waals surface area contributed by atoms with Crippen molar-refractivity contribution in [3.8, 4) is 5.75 Å². The lowest BCUT2D eigenvalue weighted by Crippen LogP contribution is -2.37. The third-order valence-corrected chi connectivity index (χ3v) is 7.36. The fourth-order valence-corrected chi connectivity index (χ4v) is 5.05. The second kappa shape index (κ2) is 8.38. The summed E-state index contributed by atoms with van der Waals surface area (Å²) >= 11 is 6.09. The molecule has 0 aliphatic heterocycles. The average molecular weight is 437 g/mol. The van der Waals surface area contributed by atoms with Crippen LogP contribution in [0.15, 0.2) is 47.1 Å². The second-order valence-corrected chi connectivity index (χ2v) is 9.36. The molecule has 1 aromatic carbocycles. The highest BCUT2D eigenvalue weighted by molar-refractivity contribution is 7.91. The third-order valence-electron chi connectivity index (χ3n) is 4.81. The Morgan fingerprint density at radius 2 is 2.00 bits per heavy atom. The number of nitrogens with one attached hydrogen (secondary N) is 2. The molecule has 2 aromatic rings. The molecule has 0 spiro atoms.